The van der Waals surface area contributed by atoms with Gasteiger partial charge in [-0.3, -0.25) is 9.59 Å². The third kappa shape index (κ3) is 7.27. The number of carbonyl (C=O) groups is 2. The summed E-state index contributed by atoms with van der Waals surface area (Å²) in [6, 6.07) is 6.97. The highest BCUT2D eigenvalue weighted by Gasteiger charge is 2.23. The molecule has 2 amide bonds. The van der Waals surface area contributed by atoms with Crippen LogP contribution >= 0.6 is 0 Å². The van der Waals surface area contributed by atoms with Crippen LogP contribution in [0.3, 0.4) is 0 Å². The maximum atomic E-state index is 12.7. The van der Waals surface area contributed by atoms with Gasteiger partial charge in [0.25, 0.3) is 5.91 Å². The number of hydrogen-bond acceptors (Lipinski definition) is 3. The molecule has 1 aromatic carbocycles. The molecule has 2 N–H and O–H groups in total. The Labute approximate surface area is 170 Å². The van der Waals surface area contributed by atoms with Gasteiger partial charge in [-0.25, -0.2) is 0 Å². The summed E-state index contributed by atoms with van der Waals surface area (Å²) in [5, 5.41) is 5.97. The largest absolute Gasteiger partial charge is 0.354 e. The molecule has 1 aromatic rings. The Balaban J connectivity index is 1.81. The molecule has 0 bridgehead atoms. The molecule has 1 fully saturated rings. The van der Waals surface area contributed by atoms with Gasteiger partial charge in [-0.2, -0.15) is 0 Å². The summed E-state index contributed by atoms with van der Waals surface area (Å²) in [6.07, 6.45) is 4.12. The van der Waals surface area contributed by atoms with Gasteiger partial charge in [-0.1, -0.05) is 39.0 Å². The van der Waals surface area contributed by atoms with E-state index in [9.17, 15) is 9.59 Å². The Morgan fingerprint density at radius 2 is 1.86 bits per heavy atom. The fourth-order valence-electron chi connectivity index (χ4n) is 3.69. The van der Waals surface area contributed by atoms with Gasteiger partial charge in [0, 0.05) is 12.1 Å². The van der Waals surface area contributed by atoms with Crippen molar-refractivity contribution >= 4 is 11.8 Å². The monoisotopic (exact) mass is 387 g/mol. The molecule has 0 saturated carbocycles. The van der Waals surface area contributed by atoms with E-state index < -0.39 is 6.04 Å². The van der Waals surface area contributed by atoms with Crippen LogP contribution < -0.4 is 10.6 Å². The zero-order valence-electron chi connectivity index (χ0n) is 18.0. The standard InChI is InChI=1S/C23H37N3O2/c1-17(2)16-21(25-22(27)20-9-6-5-8-19(20)4)23(28)24-12-7-13-26-14-10-18(3)11-15-26/h5-6,8-9,17-18,21H,7,10-16H2,1-4H3,(H,24,28)(H,25,27). The number of benzene rings is 1. The summed E-state index contributed by atoms with van der Waals surface area (Å²) >= 11 is 0. The number of likely N-dealkylation sites (tertiary alicyclic amines) is 1. The van der Waals surface area contributed by atoms with E-state index in [0.717, 1.165) is 37.5 Å². The van der Waals surface area contributed by atoms with Crippen molar-refractivity contribution < 1.29 is 9.59 Å². The van der Waals surface area contributed by atoms with Gasteiger partial charge >= 0.3 is 0 Å². The number of piperidine rings is 1. The lowest BCUT2D eigenvalue weighted by molar-refractivity contribution is -0.123. The molecule has 1 aliphatic heterocycles. The lowest BCUT2D eigenvalue weighted by Crippen LogP contribution is -2.48. The molecule has 0 radical (unpaired) electrons. The molecule has 1 saturated heterocycles. The van der Waals surface area contributed by atoms with Gasteiger partial charge in [0.15, 0.2) is 0 Å². The maximum Gasteiger partial charge on any atom is 0.252 e. The highest BCUT2D eigenvalue weighted by Crippen LogP contribution is 2.15. The van der Waals surface area contributed by atoms with Crippen LogP contribution in [-0.2, 0) is 4.79 Å². The maximum absolute atomic E-state index is 12.7. The summed E-state index contributed by atoms with van der Waals surface area (Å²) in [7, 11) is 0. The van der Waals surface area contributed by atoms with Gasteiger partial charge in [0.2, 0.25) is 5.91 Å². The van der Waals surface area contributed by atoms with E-state index in [-0.39, 0.29) is 11.8 Å². The molecule has 1 atom stereocenters. The number of carbonyl (C=O) groups excluding carboxylic acids is 2. The molecule has 5 nitrogen and oxygen atoms in total. The van der Waals surface area contributed by atoms with Crippen LogP contribution in [0, 0.1) is 18.8 Å². The Hall–Kier alpha value is -1.88. The highest BCUT2D eigenvalue weighted by molar-refractivity contribution is 5.98. The van der Waals surface area contributed by atoms with Gasteiger partial charge in [0.05, 0.1) is 0 Å². The average Bonchev–Trinajstić information content (AvgIpc) is 2.66. The first kappa shape index (κ1) is 22.4. The van der Waals surface area contributed by atoms with Crippen molar-refractivity contribution in [2.45, 2.75) is 59.4 Å². The van der Waals surface area contributed by atoms with Crippen LogP contribution in [0.1, 0.15) is 62.4 Å². The van der Waals surface area contributed by atoms with Crippen molar-refractivity contribution in [2.75, 3.05) is 26.2 Å². The van der Waals surface area contributed by atoms with Crippen LogP contribution in [0.25, 0.3) is 0 Å². The minimum absolute atomic E-state index is 0.0806. The minimum atomic E-state index is -0.497. The molecule has 2 rings (SSSR count). The number of amides is 2. The Morgan fingerprint density at radius 1 is 1.18 bits per heavy atom. The zero-order chi connectivity index (χ0) is 20.5. The number of hydrogen-bond donors (Lipinski definition) is 2. The zero-order valence-corrected chi connectivity index (χ0v) is 18.0. The van der Waals surface area contributed by atoms with Crippen molar-refractivity contribution in [3.8, 4) is 0 Å². The van der Waals surface area contributed by atoms with Crippen LogP contribution in [0.4, 0.5) is 0 Å². The van der Waals surface area contributed by atoms with Crippen molar-refractivity contribution in [1.82, 2.24) is 15.5 Å². The molecule has 0 aliphatic carbocycles. The lowest BCUT2D eigenvalue weighted by atomic mass is 9.99. The molecule has 28 heavy (non-hydrogen) atoms. The first-order chi connectivity index (χ1) is 13.4. The topological polar surface area (TPSA) is 61.4 Å². The SMILES string of the molecule is Cc1ccccc1C(=O)NC(CC(C)C)C(=O)NCCCN1CCC(C)CC1. The van der Waals surface area contributed by atoms with E-state index >= 15 is 0 Å². The predicted octanol–water partition coefficient (Wildman–Crippen LogP) is 3.38. The second-order valence-corrected chi connectivity index (χ2v) is 8.64. The van der Waals surface area contributed by atoms with Crippen molar-refractivity contribution in [3.63, 3.8) is 0 Å². The summed E-state index contributed by atoms with van der Waals surface area (Å²) in [5.74, 6) is 0.900. The van der Waals surface area contributed by atoms with E-state index in [1.165, 1.54) is 12.8 Å². The fourth-order valence-corrected chi connectivity index (χ4v) is 3.69. The van der Waals surface area contributed by atoms with E-state index in [1.54, 1.807) is 6.07 Å². The summed E-state index contributed by atoms with van der Waals surface area (Å²) in [6.45, 7) is 12.4. The first-order valence-electron chi connectivity index (χ1n) is 10.7. The van der Waals surface area contributed by atoms with Crippen molar-refractivity contribution in [1.29, 1.82) is 0 Å². The molecule has 5 heteroatoms. The molecule has 156 valence electrons. The summed E-state index contributed by atoms with van der Waals surface area (Å²) < 4.78 is 0. The molecular formula is C23H37N3O2. The highest BCUT2D eigenvalue weighted by atomic mass is 16.2. The fraction of sp³-hybridized carbons (Fsp3) is 0.652. The van der Waals surface area contributed by atoms with Crippen LogP contribution in [-0.4, -0.2) is 48.9 Å². The van der Waals surface area contributed by atoms with Crippen molar-refractivity contribution in [2.24, 2.45) is 11.8 Å². The van der Waals surface area contributed by atoms with Crippen LogP contribution in [0.15, 0.2) is 24.3 Å². The molecule has 1 unspecified atom stereocenters. The molecule has 0 spiro atoms. The third-order valence-electron chi connectivity index (χ3n) is 5.55. The molecule has 1 heterocycles. The van der Waals surface area contributed by atoms with Crippen LogP contribution in [0.2, 0.25) is 0 Å². The lowest BCUT2D eigenvalue weighted by Gasteiger charge is -2.30. The average molecular weight is 388 g/mol. The van der Waals surface area contributed by atoms with E-state index in [0.29, 0.717) is 24.4 Å². The second kappa shape index (κ2) is 11.2. The number of nitrogens with one attached hydrogen (secondary N) is 2. The number of nitrogens with zero attached hydrogens (tertiary/aromatic N) is 1. The van der Waals surface area contributed by atoms with Gasteiger partial charge < -0.3 is 15.5 Å². The quantitative estimate of drug-likeness (QED) is 0.639. The second-order valence-electron chi connectivity index (χ2n) is 8.64. The number of rotatable bonds is 9. The normalized spacial score (nSPS) is 16.8. The summed E-state index contributed by atoms with van der Waals surface area (Å²) in [4.78, 5) is 27.8. The Kier molecular flexibility index (Phi) is 8.97. The molecule has 0 aromatic heterocycles. The summed E-state index contributed by atoms with van der Waals surface area (Å²) in [5.41, 5.74) is 1.54. The van der Waals surface area contributed by atoms with Gasteiger partial charge in [-0.05, 0) is 75.7 Å². The molecule has 1 aliphatic rings. The van der Waals surface area contributed by atoms with Gasteiger partial charge in [0.1, 0.15) is 6.04 Å². The van der Waals surface area contributed by atoms with E-state index in [4.69, 9.17) is 0 Å². The predicted molar refractivity (Wildman–Crippen MR) is 114 cm³/mol. The smallest absolute Gasteiger partial charge is 0.252 e. The number of aryl methyl sites for hydroxylation is 1. The van der Waals surface area contributed by atoms with E-state index in [1.807, 2.05) is 25.1 Å². The Bertz CT molecular complexity index is 636. The third-order valence-corrected chi connectivity index (χ3v) is 5.55. The first-order valence-corrected chi connectivity index (χ1v) is 10.7. The van der Waals surface area contributed by atoms with E-state index in [2.05, 4.69) is 36.3 Å². The Morgan fingerprint density at radius 3 is 2.50 bits per heavy atom. The van der Waals surface area contributed by atoms with Crippen LogP contribution in [0.5, 0.6) is 0 Å². The molecular weight excluding hydrogens is 350 g/mol. The minimum Gasteiger partial charge on any atom is -0.354 e. The van der Waals surface area contributed by atoms with Gasteiger partial charge in [-0.15, -0.1) is 0 Å². The van der Waals surface area contributed by atoms with Crippen molar-refractivity contribution in [3.05, 3.63) is 35.4 Å².